The van der Waals surface area contributed by atoms with Gasteiger partial charge in [0.2, 0.25) is 0 Å². The zero-order chi connectivity index (χ0) is 49.2. The van der Waals surface area contributed by atoms with Crippen LogP contribution in [-0.4, -0.2) is 11.7 Å². The first-order chi connectivity index (χ1) is 36.4. The Hall–Kier alpha value is -8.86. The van der Waals surface area contributed by atoms with E-state index in [0.29, 0.717) is 0 Å². The molecule has 5 aliphatic rings. The highest BCUT2D eigenvalue weighted by atomic mass is 16.3. The van der Waals surface area contributed by atoms with Gasteiger partial charge in [-0.25, -0.2) is 0 Å². The zero-order valence-corrected chi connectivity index (χ0v) is 41.5. The van der Waals surface area contributed by atoms with Gasteiger partial charge in [0, 0.05) is 27.9 Å². The van der Waals surface area contributed by atoms with Gasteiger partial charge in [-0.05, 0) is 151 Å². The van der Waals surface area contributed by atoms with Crippen LogP contribution in [0.25, 0.3) is 60.7 Å². The van der Waals surface area contributed by atoms with Crippen molar-refractivity contribution >= 4 is 62.2 Å². The van der Waals surface area contributed by atoms with Crippen molar-refractivity contribution in [1.29, 1.82) is 0 Å². The van der Waals surface area contributed by atoms with E-state index < -0.39 is 10.8 Å². The molecule has 16 rings (SSSR count). The van der Waals surface area contributed by atoms with Crippen molar-refractivity contribution in [2.24, 2.45) is 4.99 Å². The minimum Gasteiger partial charge on any atom is -0.453 e. The first kappa shape index (κ1) is 41.7. The van der Waals surface area contributed by atoms with Crippen molar-refractivity contribution < 1.29 is 4.42 Å². The number of furan rings is 1. The lowest BCUT2D eigenvalue weighted by molar-refractivity contribution is 0.629. The van der Waals surface area contributed by atoms with E-state index in [-0.39, 0.29) is 5.41 Å². The van der Waals surface area contributed by atoms with E-state index >= 15 is 0 Å². The largest absolute Gasteiger partial charge is 0.453 e. The highest BCUT2D eigenvalue weighted by Gasteiger charge is 2.53. The zero-order valence-electron chi connectivity index (χ0n) is 41.5. The third-order valence-corrected chi connectivity index (χ3v) is 17.9. The standard InChI is InChI=1S/C70H49N3O/c1-5-18-54-64(71-4)65-55(27-17-38-72-65)70(54)52-36-33-42-31-30-41-32-34-48(62(52)61(41)42)63-53(70)37-35-47-46-24-16-29-59(66(46)74-67(47)63)73-58-28-15-14-26-51(58)68(2,3)57-39-49-45-23-12-13-25-50(45)69(56(49)40-60(57)73,43-19-8-6-9-20-43)44-21-10-7-11-22-44/h5-29,32-40H,4,30-31H2,1-3H3/b18-5-. The summed E-state index contributed by atoms with van der Waals surface area (Å²) in [6, 6.07) is 70.7. The molecule has 74 heavy (non-hydrogen) atoms. The third kappa shape index (κ3) is 4.90. The average molecular weight is 948 g/mol. The van der Waals surface area contributed by atoms with Gasteiger partial charge < -0.3 is 9.32 Å². The monoisotopic (exact) mass is 947 g/mol. The van der Waals surface area contributed by atoms with E-state index in [4.69, 9.17) is 14.4 Å². The van der Waals surface area contributed by atoms with Crippen molar-refractivity contribution in [1.82, 2.24) is 4.98 Å². The number of aryl methyl sites for hydroxylation is 2. The second kappa shape index (κ2) is 14.6. The molecule has 2 aromatic heterocycles. The summed E-state index contributed by atoms with van der Waals surface area (Å²) in [6.45, 7) is 11.1. The van der Waals surface area contributed by atoms with Gasteiger partial charge in [-0.1, -0.05) is 184 Å². The van der Waals surface area contributed by atoms with Gasteiger partial charge in [0.15, 0.2) is 5.58 Å². The number of aromatic nitrogens is 1. The van der Waals surface area contributed by atoms with Crippen LogP contribution < -0.4 is 4.90 Å². The lowest BCUT2D eigenvalue weighted by Gasteiger charge is -2.43. The molecule has 3 heterocycles. The summed E-state index contributed by atoms with van der Waals surface area (Å²) >= 11 is 0. The van der Waals surface area contributed by atoms with E-state index in [1.807, 2.05) is 6.20 Å². The fourth-order valence-corrected chi connectivity index (χ4v) is 14.9. The van der Waals surface area contributed by atoms with Crippen molar-refractivity contribution in [2.45, 2.75) is 49.9 Å². The Morgan fingerprint density at radius 1 is 0.527 bits per heavy atom. The molecule has 1 unspecified atom stereocenters. The lowest BCUT2D eigenvalue weighted by Crippen LogP contribution is -2.32. The Morgan fingerprint density at radius 3 is 1.97 bits per heavy atom. The number of hydrogen-bond acceptors (Lipinski definition) is 4. The summed E-state index contributed by atoms with van der Waals surface area (Å²) in [5, 5.41) is 4.85. The second-order valence-corrected chi connectivity index (χ2v) is 21.4. The Kier molecular flexibility index (Phi) is 8.26. The molecule has 4 nitrogen and oxygen atoms in total. The van der Waals surface area contributed by atoms with Gasteiger partial charge in [0.25, 0.3) is 0 Å². The molecule has 1 aliphatic heterocycles. The van der Waals surface area contributed by atoms with E-state index in [9.17, 15) is 0 Å². The van der Waals surface area contributed by atoms with Crippen LogP contribution in [0.4, 0.5) is 17.1 Å². The van der Waals surface area contributed by atoms with Crippen LogP contribution >= 0.6 is 0 Å². The predicted octanol–water partition coefficient (Wildman–Crippen LogP) is 17.0. The fraction of sp³-hybridized carbons (Fsp3) is 0.114. The Balaban J connectivity index is 1.01. The number of allylic oxidation sites excluding steroid dienone is 3. The highest BCUT2D eigenvalue weighted by molar-refractivity contribution is 6.19. The number of nitrogens with zero attached hydrogens (tertiary/aromatic N) is 3. The van der Waals surface area contributed by atoms with Crippen LogP contribution in [-0.2, 0) is 29.1 Å². The first-order valence-corrected chi connectivity index (χ1v) is 26.1. The molecule has 0 saturated carbocycles. The van der Waals surface area contributed by atoms with Crippen molar-refractivity contribution in [3.8, 4) is 22.3 Å². The molecule has 9 aromatic carbocycles. The van der Waals surface area contributed by atoms with Crippen LogP contribution in [0.3, 0.4) is 0 Å². The normalized spacial score (nSPS) is 17.7. The third-order valence-electron chi connectivity index (χ3n) is 17.9. The first-order valence-electron chi connectivity index (χ1n) is 26.1. The predicted molar refractivity (Wildman–Crippen MR) is 304 cm³/mol. The molecular weight excluding hydrogens is 899 g/mol. The summed E-state index contributed by atoms with van der Waals surface area (Å²) in [5.74, 6) is 0. The van der Waals surface area contributed by atoms with Gasteiger partial charge in [-0.2, -0.15) is 0 Å². The second-order valence-electron chi connectivity index (χ2n) is 21.4. The molecule has 0 N–H and O–H groups in total. The quantitative estimate of drug-likeness (QED) is 0.161. The highest BCUT2D eigenvalue weighted by Crippen LogP contribution is 2.65. The van der Waals surface area contributed by atoms with Crippen LogP contribution in [0.2, 0.25) is 0 Å². The fourth-order valence-electron chi connectivity index (χ4n) is 14.9. The average Bonchev–Trinajstić information content (AvgIpc) is 4.20. The minimum atomic E-state index is -0.719. The number of rotatable bonds is 5. The van der Waals surface area contributed by atoms with Crippen LogP contribution in [0, 0.1) is 0 Å². The number of pyridine rings is 1. The number of fused-ring (bicyclic) bond motifs is 15. The molecule has 0 saturated heterocycles. The van der Waals surface area contributed by atoms with E-state index in [1.54, 1.807) is 0 Å². The van der Waals surface area contributed by atoms with Crippen molar-refractivity contribution in [3.63, 3.8) is 0 Å². The maximum absolute atomic E-state index is 7.77. The molecule has 350 valence electrons. The summed E-state index contributed by atoms with van der Waals surface area (Å²) in [6.07, 6.45) is 8.34. The molecule has 1 spiro atoms. The summed E-state index contributed by atoms with van der Waals surface area (Å²) < 4.78 is 7.77. The van der Waals surface area contributed by atoms with Crippen LogP contribution in [0.5, 0.6) is 0 Å². The number of para-hydroxylation sites is 2. The maximum atomic E-state index is 7.77. The van der Waals surface area contributed by atoms with Crippen LogP contribution in [0.1, 0.15) is 87.7 Å². The molecule has 0 radical (unpaired) electrons. The van der Waals surface area contributed by atoms with E-state index in [1.165, 1.54) is 83.1 Å². The Labute approximate surface area is 430 Å². The van der Waals surface area contributed by atoms with E-state index in [2.05, 4.69) is 233 Å². The maximum Gasteiger partial charge on any atom is 0.159 e. The van der Waals surface area contributed by atoms with Crippen molar-refractivity contribution in [2.75, 3.05) is 4.90 Å². The topological polar surface area (TPSA) is 41.6 Å². The van der Waals surface area contributed by atoms with Gasteiger partial charge in [0.05, 0.1) is 39.3 Å². The molecule has 0 fully saturated rings. The number of hydrogen-bond donors (Lipinski definition) is 0. The van der Waals surface area contributed by atoms with Gasteiger partial charge in [0.1, 0.15) is 5.58 Å². The molecule has 0 bridgehead atoms. The number of anilines is 3. The Bertz CT molecular complexity index is 4330. The molecule has 0 amide bonds. The molecule has 4 heteroatoms. The molecule has 1 atom stereocenters. The SMILES string of the molecule is C=NC1=C(/C=C\C)C2(c3cccnc31)c1ccc3c(oc4c(N5c6ccccc6C(C)(C)c6cc7c(cc65)C(c5ccccc5)(c5ccccc5)c5ccccc5-7)cccc43)c1-c1ccc3c4c(ccc2c14)CC3. The smallest absolute Gasteiger partial charge is 0.159 e. The molecule has 11 aromatic rings. The Morgan fingerprint density at radius 2 is 1.20 bits per heavy atom. The minimum absolute atomic E-state index is 0.330. The summed E-state index contributed by atoms with van der Waals surface area (Å²) in [7, 11) is 0. The molecule has 4 aliphatic carbocycles. The molecular formula is C70H49N3O. The van der Waals surface area contributed by atoms with Crippen molar-refractivity contribution in [3.05, 3.63) is 279 Å². The van der Waals surface area contributed by atoms with Gasteiger partial charge in [-0.15, -0.1) is 0 Å². The van der Waals surface area contributed by atoms with Gasteiger partial charge >= 0.3 is 0 Å². The number of benzene rings is 9. The lowest BCUT2D eigenvalue weighted by atomic mass is 9.60. The summed E-state index contributed by atoms with van der Waals surface area (Å²) in [4.78, 5) is 12.4. The van der Waals surface area contributed by atoms with Crippen LogP contribution in [0.15, 0.2) is 221 Å². The van der Waals surface area contributed by atoms with Gasteiger partial charge in [-0.3, -0.25) is 9.98 Å². The van der Waals surface area contributed by atoms with E-state index in [0.717, 1.165) is 79.9 Å². The summed E-state index contributed by atoms with van der Waals surface area (Å²) in [5.41, 5.74) is 25.1. The number of aliphatic imine (C=N–C) groups is 1.